The number of amides is 1. The molecule has 0 atom stereocenters. The lowest BCUT2D eigenvalue weighted by molar-refractivity contribution is -0.119. The van der Waals surface area contributed by atoms with Crippen LogP contribution in [-0.4, -0.2) is 59.3 Å². The number of rotatable bonds is 10. The van der Waals surface area contributed by atoms with E-state index in [0.29, 0.717) is 23.7 Å². The number of carbonyl (C=O) groups excluding carboxylic acids is 1. The average molecular weight is 452 g/mol. The fourth-order valence-electron chi connectivity index (χ4n) is 2.61. The summed E-state index contributed by atoms with van der Waals surface area (Å²) in [5.74, 6) is 0.370. The minimum atomic E-state index is -3.77. The highest BCUT2D eigenvalue weighted by atomic mass is 32.2. The van der Waals surface area contributed by atoms with Crippen molar-refractivity contribution >= 4 is 27.8 Å². The van der Waals surface area contributed by atoms with E-state index in [0.717, 1.165) is 10.6 Å². The number of methoxy groups -OCH3 is 2. The molecule has 10 nitrogen and oxygen atoms in total. The van der Waals surface area contributed by atoms with Crippen LogP contribution >= 0.6 is 0 Å². The van der Waals surface area contributed by atoms with Crippen molar-refractivity contribution in [2.45, 2.75) is 6.92 Å². The molecular weight excluding hydrogens is 426 g/mol. The van der Waals surface area contributed by atoms with Crippen LogP contribution in [0.1, 0.15) is 12.5 Å². The minimum absolute atomic E-state index is 0.0123. The van der Waals surface area contributed by atoms with Gasteiger partial charge < -0.3 is 19.3 Å². The molecule has 2 aromatic rings. The van der Waals surface area contributed by atoms with Crippen LogP contribution in [0.2, 0.25) is 0 Å². The maximum Gasteiger partial charge on any atom is 0.260 e. The third-order valence-corrected chi connectivity index (χ3v) is 5.17. The number of hydrogen-bond donors (Lipinski definition) is 2. The van der Waals surface area contributed by atoms with Gasteiger partial charge in [0.15, 0.2) is 23.0 Å². The van der Waals surface area contributed by atoms with E-state index in [1.165, 1.54) is 38.6 Å². The van der Waals surface area contributed by atoms with E-state index in [1.54, 1.807) is 25.1 Å². The van der Waals surface area contributed by atoms with Crippen molar-refractivity contribution in [3.63, 3.8) is 0 Å². The predicted octanol–water partition coefficient (Wildman–Crippen LogP) is 1.72. The predicted molar refractivity (Wildman–Crippen MR) is 117 cm³/mol. The van der Waals surface area contributed by atoms with Gasteiger partial charge in [0.05, 0.1) is 39.0 Å². The molecule has 0 heterocycles. The number of nitrogens with zero attached hydrogens (tertiary/aromatic N) is 2. The number of ether oxygens (including phenoxy) is 3. The van der Waals surface area contributed by atoms with E-state index in [1.807, 2.05) is 0 Å². The van der Waals surface area contributed by atoms with Crippen LogP contribution in [0.5, 0.6) is 23.0 Å². The Morgan fingerprint density at radius 2 is 1.84 bits per heavy atom. The number of carbonyl (C=O) groups is 1. The molecule has 11 heteroatoms. The SMILES string of the molecule is CCOc1cc(/C=N\NC(=O)CN(c2ccc(OC)c(OC)c2)S(C)(=O)=O)ccc1O. The first-order valence-electron chi connectivity index (χ1n) is 9.17. The van der Waals surface area contributed by atoms with Crippen molar-refractivity contribution in [2.75, 3.05) is 37.9 Å². The second-order valence-corrected chi connectivity index (χ2v) is 8.17. The van der Waals surface area contributed by atoms with Crippen LogP contribution in [0.3, 0.4) is 0 Å². The molecular formula is C20H25N3O7S. The summed E-state index contributed by atoms with van der Waals surface area (Å²) in [4.78, 5) is 12.3. The molecule has 0 aliphatic carbocycles. The number of hydrazone groups is 1. The molecule has 2 N–H and O–H groups in total. The molecule has 2 aromatic carbocycles. The normalized spacial score (nSPS) is 11.2. The zero-order chi connectivity index (χ0) is 23.0. The summed E-state index contributed by atoms with van der Waals surface area (Å²) in [6.45, 7) is 1.67. The van der Waals surface area contributed by atoms with Crippen LogP contribution in [0.4, 0.5) is 5.69 Å². The van der Waals surface area contributed by atoms with Crippen molar-refractivity contribution in [3.8, 4) is 23.0 Å². The minimum Gasteiger partial charge on any atom is -0.504 e. The van der Waals surface area contributed by atoms with Gasteiger partial charge in [0.25, 0.3) is 5.91 Å². The molecule has 0 unspecified atom stereocenters. The molecule has 0 saturated carbocycles. The quantitative estimate of drug-likeness (QED) is 0.416. The van der Waals surface area contributed by atoms with Gasteiger partial charge in [-0.15, -0.1) is 0 Å². The van der Waals surface area contributed by atoms with Crippen LogP contribution in [-0.2, 0) is 14.8 Å². The Hall–Kier alpha value is -3.47. The Morgan fingerprint density at radius 3 is 2.45 bits per heavy atom. The van der Waals surface area contributed by atoms with Crippen molar-refractivity contribution < 1.29 is 32.5 Å². The number of sulfonamides is 1. The summed E-state index contributed by atoms with van der Waals surface area (Å²) in [6.07, 6.45) is 2.34. The molecule has 0 spiro atoms. The molecule has 0 fully saturated rings. The van der Waals surface area contributed by atoms with Gasteiger partial charge >= 0.3 is 0 Å². The van der Waals surface area contributed by atoms with Crippen molar-refractivity contribution in [3.05, 3.63) is 42.0 Å². The number of anilines is 1. The van der Waals surface area contributed by atoms with Gasteiger partial charge in [-0.2, -0.15) is 5.10 Å². The third kappa shape index (κ3) is 6.51. The summed E-state index contributed by atoms with van der Waals surface area (Å²) in [5, 5.41) is 13.5. The van der Waals surface area contributed by atoms with E-state index in [9.17, 15) is 18.3 Å². The Balaban J connectivity index is 2.14. The first kappa shape index (κ1) is 23.8. The number of benzene rings is 2. The largest absolute Gasteiger partial charge is 0.504 e. The topological polar surface area (TPSA) is 127 Å². The number of aromatic hydroxyl groups is 1. The van der Waals surface area contributed by atoms with Gasteiger partial charge in [-0.25, -0.2) is 13.8 Å². The summed E-state index contributed by atoms with van der Waals surface area (Å²) in [5.41, 5.74) is 3.09. The lowest BCUT2D eigenvalue weighted by Gasteiger charge is -2.22. The standard InChI is InChI=1S/C20H25N3O7S/c1-5-30-18-10-14(6-8-16(18)24)12-21-22-20(25)13-23(31(4,26)27)15-7-9-17(28-2)19(11-15)29-3/h6-12,24H,5,13H2,1-4H3,(H,22,25)/b21-12-. The fraction of sp³-hybridized carbons (Fsp3) is 0.300. The first-order chi connectivity index (χ1) is 14.7. The highest BCUT2D eigenvalue weighted by molar-refractivity contribution is 7.92. The molecule has 2 rings (SSSR count). The van der Waals surface area contributed by atoms with Gasteiger partial charge in [-0.1, -0.05) is 0 Å². The highest BCUT2D eigenvalue weighted by Crippen LogP contribution is 2.32. The molecule has 168 valence electrons. The zero-order valence-electron chi connectivity index (χ0n) is 17.7. The molecule has 0 bridgehead atoms. The van der Waals surface area contributed by atoms with Crippen LogP contribution < -0.4 is 23.9 Å². The molecule has 0 radical (unpaired) electrons. The van der Waals surface area contributed by atoms with Crippen LogP contribution in [0.25, 0.3) is 0 Å². The van der Waals surface area contributed by atoms with Crippen LogP contribution in [0, 0.1) is 0 Å². The molecule has 0 aromatic heterocycles. The highest BCUT2D eigenvalue weighted by Gasteiger charge is 2.22. The van der Waals surface area contributed by atoms with Gasteiger partial charge in [-0.3, -0.25) is 9.10 Å². The van der Waals surface area contributed by atoms with E-state index >= 15 is 0 Å². The fourth-order valence-corrected chi connectivity index (χ4v) is 3.46. The Labute approximate surface area is 181 Å². The summed E-state index contributed by atoms with van der Waals surface area (Å²) in [7, 11) is -0.886. The second-order valence-electron chi connectivity index (χ2n) is 6.26. The van der Waals surface area contributed by atoms with Crippen molar-refractivity contribution in [2.24, 2.45) is 5.10 Å². The molecule has 0 aliphatic rings. The van der Waals surface area contributed by atoms with E-state index in [2.05, 4.69) is 10.5 Å². The van der Waals surface area contributed by atoms with Gasteiger partial charge in [0.1, 0.15) is 6.54 Å². The smallest absolute Gasteiger partial charge is 0.260 e. The second kappa shape index (κ2) is 10.5. The lowest BCUT2D eigenvalue weighted by Crippen LogP contribution is -2.39. The maximum absolute atomic E-state index is 12.3. The monoisotopic (exact) mass is 451 g/mol. The lowest BCUT2D eigenvalue weighted by atomic mass is 10.2. The number of hydrogen-bond acceptors (Lipinski definition) is 8. The third-order valence-electron chi connectivity index (χ3n) is 4.03. The van der Waals surface area contributed by atoms with Crippen molar-refractivity contribution in [1.82, 2.24) is 5.43 Å². The van der Waals surface area contributed by atoms with Crippen molar-refractivity contribution in [1.29, 1.82) is 0 Å². The molecule has 0 saturated heterocycles. The van der Waals surface area contributed by atoms with E-state index in [-0.39, 0.29) is 17.2 Å². The Morgan fingerprint density at radius 1 is 1.13 bits per heavy atom. The summed E-state index contributed by atoms with van der Waals surface area (Å²) in [6, 6.07) is 9.09. The Bertz CT molecular complexity index is 1050. The number of phenolic OH excluding ortho intramolecular Hbond substituents is 1. The van der Waals surface area contributed by atoms with E-state index in [4.69, 9.17) is 14.2 Å². The molecule has 1 amide bonds. The van der Waals surface area contributed by atoms with E-state index < -0.39 is 22.5 Å². The summed E-state index contributed by atoms with van der Waals surface area (Å²) >= 11 is 0. The zero-order valence-corrected chi connectivity index (χ0v) is 18.5. The maximum atomic E-state index is 12.3. The van der Waals surface area contributed by atoms with Gasteiger partial charge in [-0.05, 0) is 42.8 Å². The van der Waals surface area contributed by atoms with Crippen LogP contribution in [0.15, 0.2) is 41.5 Å². The molecule has 31 heavy (non-hydrogen) atoms. The number of phenols is 1. The Kier molecular flexibility index (Phi) is 8.08. The average Bonchev–Trinajstić information content (AvgIpc) is 2.73. The van der Waals surface area contributed by atoms with Gasteiger partial charge in [0, 0.05) is 6.07 Å². The van der Waals surface area contributed by atoms with Gasteiger partial charge in [0.2, 0.25) is 10.0 Å². The summed E-state index contributed by atoms with van der Waals surface area (Å²) < 4.78 is 41.0. The molecule has 0 aliphatic heterocycles. The first-order valence-corrected chi connectivity index (χ1v) is 11.0. The number of nitrogens with one attached hydrogen (secondary N) is 1.